The number of hydrogen-bond acceptors (Lipinski definition) is 2. The Bertz CT molecular complexity index is 798. The highest BCUT2D eigenvalue weighted by Crippen LogP contribution is 2.27. The van der Waals surface area contributed by atoms with Gasteiger partial charge in [0.25, 0.3) is 0 Å². The Labute approximate surface area is 133 Å². The molecule has 1 heterocycles. The molecule has 0 unspecified atom stereocenters. The Morgan fingerprint density at radius 1 is 1.09 bits per heavy atom. The van der Waals surface area contributed by atoms with Gasteiger partial charge in [0.05, 0.1) is 10.9 Å². The van der Waals surface area contributed by atoms with Gasteiger partial charge in [-0.1, -0.05) is 34.1 Å². The Morgan fingerprint density at radius 2 is 1.82 bits per heavy atom. The van der Waals surface area contributed by atoms with Crippen molar-refractivity contribution >= 4 is 22.1 Å². The number of halogens is 4. The minimum absolute atomic E-state index is 0.352. The molecule has 2 nitrogen and oxygen atoms in total. The summed E-state index contributed by atoms with van der Waals surface area (Å²) in [5.41, 5.74) is 0.453. The summed E-state index contributed by atoms with van der Waals surface area (Å²) >= 11 is 3.38. The molecular formula is C16H12BrF3N2. The number of rotatable bonds is 2. The van der Waals surface area contributed by atoms with Gasteiger partial charge in [-0.25, -0.2) is 0 Å². The van der Waals surface area contributed by atoms with E-state index < -0.39 is 11.7 Å². The lowest BCUT2D eigenvalue weighted by Crippen LogP contribution is -2.36. The SMILES string of the molecule is FC(F)(F)c1ccc2c(c1)=NCN(Cc1ccc(Br)cc1)C=2. The second kappa shape index (κ2) is 5.76. The van der Waals surface area contributed by atoms with Crippen LogP contribution in [-0.2, 0) is 12.7 Å². The van der Waals surface area contributed by atoms with E-state index in [4.69, 9.17) is 0 Å². The third kappa shape index (κ3) is 3.32. The van der Waals surface area contributed by atoms with E-state index in [2.05, 4.69) is 20.9 Å². The van der Waals surface area contributed by atoms with Gasteiger partial charge in [0.1, 0.15) is 6.67 Å². The number of alkyl halides is 3. The van der Waals surface area contributed by atoms with Gasteiger partial charge in [-0.15, -0.1) is 0 Å². The van der Waals surface area contributed by atoms with Crippen LogP contribution in [0.25, 0.3) is 6.20 Å². The molecular weight excluding hydrogens is 357 g/mol. The van der Waals surface area contributed by atoms with Crippen LogP contribution in [0.2, 0.25) is 0 Å². The highest BCUT2D eigenvalue weighted by molar-refractivity contribution is 9.10. The van der Waals surface area contributed by atoms with Crippen molar-refractivity contribution in [1.82, 2.24) is 4.90 Å². The Kier molecular flexibility index (Phi) is 3.95. The molecule has 1 aliphatic heterocycles. The summed E-state index contributed by atoms with van der Waals surface area (Å²) in [5.74, 6) is 0. The van der Waals surface area contributed by atoms with Crippen molar-refractivity contribution in [3.05, 3.63) is 68.6 Å². The normalized spacial score (nSPS) is 14.1. The van der Waals surface area contributed by atoms with Crippen LogP contribution in [0.15, 0.2) is 51.9 Å². The molecule has 0 N–H and O–H groups in total. The summed E-state index contributed by atoms with van der Waals surface area (Å²) in [6, 6.07) is 11.6. The molecule has 0 radical (unpaired) electrons. The van der Waals surface area contributed by atoms with Crippen LogP contribution in [0.1, 0.15) is 11.1 Å². The highest BCUT2D eigenvalue weighted by Gasteiger charge is 2.30. The summed E-state index contributed by atoms with van der Waals surface area (Å²) in [7, 11) is 0. The standard InChI is InChI=1S/C16H12BrF3N2/c17-14-5-1-11(2-6-14)8-22-9-12-3-4-13(16(18,19)20)7-15(12)21-10-22/h1-7,9H,8,10H2. The summed E-state index contributed by atoms with van der Waals surface area (Å²) in [6.45, 7) is 1.02. The molecule has 0 saturated heterocycles. The predicted octanol–water partition coefficient (Wildman–Crippen LogP) is 3.30. The minimum atomic E-state index is -4.33. The monoisotopic (exact) mass is 368 g/mol. The predicted molar refractivity (Wildman–Crippen MR) is 81.2 cm³/mol. The van der Waals surface area contributed by atoms with Gasteiger partial charge in [0, 0.05) is 22.4 Å². The van der Waals surface area contributed by atoms with Crippen molar-refractivity contribution in [3.63, 3.8) is 0 Å². The van der Waals surface area contributed by atoms with Gasteiger partial charge < -0.3 is 4.90 Å². The molecule has 0 saturated carbocycles. The van der Waals surface area contributed by atoms with Crippen molar-refractivity contribution < 1.29 is 13.2 Å². The molecule has 22 heavy (non-hydrogen) atoms. The van der Waals surface area contributed by atoms with Gasteiger partial charge in [-0.05, 0) is 29.8 Å². The van der Waals surface area contributed by atoms with E-state index in [1.54, 1.807) is 0 Å². The topological polar surface area (TPSA) is 15.6 Å². The van der Waals surface area contributed by atoms with Crippen LogP contribution in [-0.4, -0.2) is 11.6 Å². The quantitative estimate of drug-likeness (QED) is 0.793. The average molecular weight is 369 g/mol. The zero-order chi connectivity index (χ0) is 15.7. The van der Waals surface area contributed by atoms with Crippen molar-refractivity contribution in [1.29, 1.82) is 0 Å². The van der Waals surface area contributed by atoms with Crippen molar-refractivity contribution in [3.8, 4) is 0 Å². The van der Waals surface area contributed by atoms with E-state index in [0.29, 0.717) is 23.8 Å². The van der Waals surface area contributed by atoms with E-state index in [1.807, 2.05) is 35.4 Å². The molecule has 6 heteroatoms. The lowest BCUT2D eigenvalue weighted by atomic mass is 10.1. The largest absolute Gasteiger partial charge is 0.416 e. The molecule has 0 fully saturated rings. The van der Waals surface area contributed by atoms with Crippen LogP contribution in [0.4, 0.5) is 13.2 Å². The molecule has 0 atom stereocenters. The van der Waals surface area contributed by atoms with Crippen LogP contribution < -0.4 is 10.6 Å². The maximum atomic E-state index is 12.7. The van der Waals surface area contributed by atoms with Crippen LogP contribution >= 0.6 is 15.9 Å². The lowest BCUT2D eigenvalue weighted by Gasteiger charge is -2.21. The second-order valence-electron chi connectivity index (χ2n) is 5.07. The zero-order valence-corrected chi connectivity index (χ0v) is 13.0. The van der Waals surface area contributed by atoms with Gasteiger partial charge in [0.15, 0.2) is 0 Å². The zero-order valence-electron chi connectivity index (χ0n) is 11.4. The molecule has 114 valence electrons. The minimum Gasteiger partial charge on any atom is -0.353 e. The Balaban J connectivity index is 1.85. The third-order valence-corrected chi connectivity index (χ3v) is 3.93. The summed E-state index contributed by atoms with van der Waals surface area (Å²) in [4.78, 5) is 6.22. The van der Waals surface area contributed by atoms with Crippen molar-refractivity contribution in [2.45, 2.75) is 12.7 Å². The number of nitrogens with zero attached hydrogens (tertiary/aromatic N) is 2. The fourth-order valence-electron chi connectivity index (χ4n) is 2.29. The van der Waals surface area contributed by atoms with Crippen molar-refractivity contribution in [2.24, 2.45) is 4.99 Å². The fourth-order valence-corrected chi connectivity index (χ4v) is 2.55. The van der Waals surface area contributed by atoms with E-state index in [9.17, 15) is 13.2 Å². The van der Waals surface area contributed by atoms with E-state index in [1.165, 1.54) is 6.07 Å². The first-order valence-electron chi connectivity index (χ1n) is 6.64. The van der Waals surface area contributed by atoms with E-state index in [0.717, 1.165) is 22.2 Å². The van der Waals surface area contributed by atoms with Gasteiger partial charge in [0.2, 0.25) is 0 Å². The molecule has 2 aromatic rings. The molecule has 1 aliphatic rings. The maximum absolute atomic E-state index is 12.7. The van der Waals surface area contributed by atoms with Crippen molar-refractivity contribution in [2.75, 3.05) is 6.67 Å². The number of hydrogen-bond donors (Lipinski definition) is 0. The lowest BCUT2D eigenvalue weighted by molar-refractivity contribution is -0.137. The first kappa shape index (κ1) is 15.1. The third-order valence-electron chi connectivity index (χ3n) is 3.40. The highest BCUT2D eigenvalue weighted by atomic mass is 79.9. The molecule has 0 bridgehead atoms. The van der Waals surface area contributed by atoms with Crippen LogP contribution in [0, 0.1) is 0 Å². The van der Waals surface area contributed by atoms with Gasteiger partial charge in [-0.3, -0.25) is 4.99 Å². The number of fused-ring (bicyclic) bond motifs is 1. The first-order chi connectivity index (χ1) is 10.4. The maximum Gasteiger partial charge on any atom is 0.416 e. The second-order valence-corrected chi connectivity index (χ2v) is 5.99. The van der Waals surface area contributed by atoms with Crippen LogP contribution in [0.3, 0.4) is 0 Å². The molecule has 0 spiro atoms. The Hall–Kier alpha value is -1.82. The average Bonchev–Trinajstić information content (AvgIpc) is 2.48. The Morgan fingerprint density at radius 3 is 2.50 bits per heavy atom. The molecule has 0 aromatic heterocycles. The van der Waals surface area contributed by atoms with Crippen LogP contribution in [0.5, 0.6) is 0 Å². The fraction of sp³-hybridized carbons (Fsp3) is 0.188. The first-order valence-corrected chi connectivity index (χ1v) is 7.43. The van der Waals surface area contributed by atoms with Gasteiger partial charge in [-0.2, -0.15) is 13.2 Å². The van der Waals surface area contributed by atoms with Gasteiger partial charge >= 0.3 is 6.18 Å². The summed E-state index contributed by atoms with van der Waals surface area (Å²) < 4.78 is 39.1. The van der Waals surface area contributed by atoms with E-state index >= 15 is 0 Å². The molecule has 0 amide bonds. The smallest absolute Gasteiger partial charge is 0.353 e. The molecule has 2 aromatic carbocycles. The summed E-state index contributed by atoms with van der Waals surface area (Å²) in [6.07, 6.45) is -2.48. The number of benzene rings is 2. The summed E-state index contributed by atoms with van der Waals surface area (Å²) in [5, 5.41) is 1.10. The molecule has 3 rings (SSSR count). The van der Waals surface area contributed by atoms with E-state index in [-0.39, 0.29) is 0 Å². The molecule has 0 aliphatic carbocycles.